The summed E-state index contributed by atoms with van der Waals surface area (Å²) in [5.74, 6) is 0.307. The highest BCUT2D eigenvalue weighted by molar-refractivity contribution is 5.49. The maximum Gasteiger partial charge on any atom is 0.184 e. The van der Waals surface area contributed by atoms with Crippen molar-refractivity contribution in [2.24, 2.45) is 0 Å². The van der Waals surface area contributed by atoms with Crippen LogP contribution in [0.2, 0.25) is 0 Å². The van der Waals surface area contributed by atoms with Crippen molar-refractivity contribution in [2.45, 2.75) is 0 Å². The Hall–Kier alpha value is -2.48. The van der Waals surface area contributed by atoms with Crippen molar-refractivity contribution < 1.29 is 0 Å². The molecule has 0 fully saturated rings. The highest BCUT2D eigenvalue weighted by Crippen LogP contribution is 2.11. The third-order valence-electron chi connectivity index (χ3n) is 1.93. The molecular formula is C10H9N5. The Bertz CT molecular complexity index is 494. The van der Waals surface area contributed by atoms with Gasteiger partial charge in [-0.15, -0.1) is 0 Å². The van der Waals surface area contributed by atoms with E-state index < -0.39 is 0 Å². The van der Waals surface area contributed by atoms with Crippen molar-refractivity contribution in [1.82, 2.24) is 9.66 Å². The lowest BCUT2D eigenvalue weighted by molar-refractivity contribution is 0.966. The lowest BCUT2D eigenvalue weighted by Gasteiger charge is -2.07. The summed E-state index contributed by atoms with van der Waals surface area (Å²) in [5.41, 5.74) is 9.78. The van der Waals surface area contributed by atoms with Crippen molar-refractivity contribution in [2.75, 3.05) is 11.2 Å². The summed E-state index contributed by atoms with van der Waals surface area (Å²) in [6.07, 6.45) is 1.47. The third kappa shape index (κ3) is 1.74. The minimum Gasteiger partial charge on any atom is -0.381 e. The van der Waals surface area contributed by atoms with Crippen LogP contribution in [0.25, 0.3) is 0 Å². The van der Waals surface area contributed by atoms with Crippen molar-refractivity contribution in [3.05, 3.63) is 42.4 Å². The van der Waals surface area contributed by atoms with Crippen LogP contribution in [0.3, 0.4) is 0 Å². The standard InChI is InChI=1S/C10H9N5/c11-6-9-10(12)15(7-13-9)14-8-4-2-1-3-5-8/h1-5,7,14H,12H2. The molecule has 1 heterocycles. The second-order valence-electron chi connectivity index (χ2n) is 2.94. The van der Waals surface area contributed by atoms with E-state index in [4.69, 9.17) is 11.0 Å². The monoisotopic (exact) mass is 199 g/mol. The number of anilines is 2. The number of nitrogens with one attached hydrogen (secondary N) is 1. The van der Waals surface area contributed by atoms with E-state index in [9.17, 15) is 0 Å². The van der Waals surface area contributed by atoms with Crippen LogP contribution in [0.15, 0.2) is 36.7 Å². The van der Waals surface area contributed by atoms with Gasteiger partial charge in [0.15, 0.2) is 11.5 Å². The average molecular weight is 199 g/mol. The molecule has 0 atom stereocenters. The summed E-state index contributed by atoms with van der Waals surface area (Å²) < 4.78 is 1.51. The number of benzene rings is 1. The Kier molecular flexibility index (Phi) is 2.25. The molecule has 0 bridgehead atoms. The summed E-state index contributed by atoms with van der Waals surface area (Å²) in [6, 6.07) is 11.4. The maximum atomic E-state index is 8.66. The number of hydrogen-bond acceptors (Lipinski definition) is 4. The van der Waals surface area contributed by atoms with Crippen molar-refractivity contribution in [3.8, 4) is 6.07 Å². The van der Waals surface area contributed by atoms with Gasteiger partial charge in [-0.2, -0.15) is 5.26 Å². The first kappa shape index (κ1) is 9.09. The van der Waals surface area contributed by atoms with Gasteiger partial charge < -0.3 is 5.73 Å². The second-order valence-corrected chi connectivity index (χ2v) is 2.94. The number of para-hydroxylation sites is 1. The lowest BCUT2D eigenvalue weighted by atomic mass is 10.3. The normalized spacial score (nSPS) is 9.53. The number of nitrogens with two attached hydrogens (primary N) is 1. The van der Waals surface area contributed by atoms with Crippen LogP contribution in [0.1, 0.15) is 5.69 Å². The Labute approximate surface area is 86.7 Å². The third-order valence-corrected chi connectivity index (χ3v) is 1.93. The summed E-state index contributed by atoms with van der Waals surface area (Å²) in [5, 5.41) is 8.66. The minimum atomic E-state index is 0.221. The van der Waals surface area contributed by atoms with Gasteiger partial charge in [0.1, 0.15) is 12.4 Å². The smallest absolute Gasteiger partial charge is 0.184 e. The van der Waals surface area contributed by atoms with Crippen LogP contribution in [-0.4, -0.2) is 9.66 Å². The van der Waals surface area contributed by atoms with Crippen LogP contribution in [0, 0.1) is 11.3 Å². The molecule has 1 aromatic heterocycles. The SMILES string of the molecule is N#Cc1ncn(Nc2ccccc2)c1N. The largest absolute Gasteiger partial charge is 0.381 e. The van der Waals surface area contributed by atoms with E-state index in [1.54, 1.807) is 0 Å². The number of nitrogens with zero attached hydrogens (tertiary/aromatic N) is 3. The number of rotatable bonds is 2. The van der Waals surface area contributed by atoms with E-state index in [2.05, 4.69) is 10.4 Å². The molecule has 0 aliphatic carbocycles. The first-order valence-corrected chi connectivity index (χ1v) is 4.36. The van der Waals surface area contributed by atoms with Gasteiger partial charge in [0.2, 0.25) is 0 Å². The van der Waals surface area contributed by atoms with Crippen molar-refractivity contribution >= 4 is 11.5 Å². The zero-order valence-electron chi connectivity index (χ0n) is 7.88. The number of imidazole rings is 1. The first-order valence-electron chi connectivity index (χ1n) is 4.36. The van der Waals surface area contributed by atoms with Gasteiger partial charge in [-0.1, -0.05) is 18.2 Å². The predicted molar refractivity (Wildman–Crippen MR) is 56.8 cm³/mol. The van der Waals surface area contributed by atoms with Gasteiger partial charge in [-0.05, 0) is 12.1 Å². The molecule has 1 aromatic carbocycles. The minimum absolute atomic E-state index is 0.221. The molecule has 0 aliphatic rings. The molecule has 0 amide bonds. The van der Waals surface area contributed by atoms with Crippen LogP contribution in [0.4, 0.5) is 11.5 Å². The van der Waals surface area contributed by atoms with Crippen LogP contribution in [0.5, 0.6) is 0 Å². The van der Waals surface area contributed by atoms with Gasteiger partial charge in [-0.25, -0.2) is 9.66 Å². The van der Waals surface area contributed by atoms with Crippen LogP contribution >= 0.6 is 0 Å². The topological polar surface area (TPSA) is 79.7 Å². The number of aromatic nitrogens is 2. The molecule has 2 aromatic rings. The van der Waals surface area contributed by atoms with Crippen molar-refractivity contribution in [1.29, 1.82) is 5.26 Å². The van der Waals surface area contributed by atoms with Crippen LogP contribution in [-0.2, 0) is 0 Å². The van der Waals surface area contributed by atoms with Gasteiger partial charge in [0.05, 0.1) is 5.69 Å². The van der Waals surface area contributed by atoms with Crippen molar-refractivity contribution in [3.63, 3.8) is 0 Å². The first-order chi connectivity index (χ1) is 7.31. The van der Waals surface area contributed by atoms with E-state index >= 15 is 0 Å². The molecule has 15 heavy (non-hydrogen) atoms. The molecule has 0 aliphatic heterocycles. The zero-order valence-corrected chi connectivity index (χ0v) is 7.88. The molecule has 3 N–H and O–H groups in total. The van der Waals surface area contributed by atoms with E-state index in [1.165, 1.54) is 11.0 Å². The lowest BCUT2D eigenvalue weighted by Crippen LogP contribution is -2.10. The number of nitrogen functional groups attached to an aromatic ring is 1. The summed E-state index contributed by atoms with van der Waals surface area (Å²) in [7, 11) is 0. The Balaban J connectivity index is 2.26. The molecule has 0 spiro atoms. The van der Waals surface area contributed by atoms with E-state index in [0.717, 1.165) is 5.69 Å². The summed E-state index contributed by atoms with van der Waals surface area (Å²) in [4.78, 5) is 3.84. The molecule has 0 saturated carbocycles. The maximum absolute atomic E-state index is 8.66. The Morgan fingerprint density at radius 1 is 1.33 bits per heavy atom. The molecule has 0 radical (unpaired) electrons. The second kappa shape index (κ2) is 3.72. The quantitative estimate of drug-likeness (QED) is 0.761. The van der Waals surface area contributed by atoms with E-state index in [0.29, 0.717) is 5.82 Å². The highest BCUT2D eigenvalue weighted by atomic mass is 15.4. The van der Waals surface area contributed by atoms with E-state index in [1.807, 2.05) is 36.4 Å². The zero-order chi connectivity index (χ0) is 10.7. The fraction of sp³-hybridized carbons (Fsp3) is 0. The van der Waals surface area contributed by atoms with E-state index in [-0.39, 0.29) is 5.69 Å². The Morgan fingerprint density at radius 2 is 2.07 bits per heavy atom. The fourth-order valence-corrected chi connectivity index (χ4v) is 1.18. The molecule has 0 saturated heterocycles. The summed E-state index contributed by atoms with van der Waals surface area (Å²) >= 11 is 0. The predicted octanol–water partition coefficient (Wildman–Crippen LogP) is 1.21. The summed E-state index contributed by atoms with van der Waals surface area (Å²) in [6.45, 7) is 0. The van der Waals surface area contributed by atoms with Crippen LogP contribution < -0.4 is 11.2 Å². The molecule has 74 valence electrons. The molecule has 2 rings (SSSR count). The Morgan fingerprint density at radius 3 is 2.67 bits per heavy atom. The van der Waals surface area contributed by atoms with Gasteiger partial charge >= 0.3 is 0 Å². The number of hydrogen-bond donors (Lipinski definition) is 2. The molecule has 5 heteroatoms. The molecule has 0 unspecified atom stereocenters. The number of nitriles is 1. The highest BCUT2D eigenvalue weighted by Gasteiger charge is 2.05. The van der Waals surface area contributed by atoms with Gasteiger partial charge in [0.25, 0.3) is 0 Å². The van der Waals surface area contributed by atoms with Gasteiger partial charge in [-0.3, -0.25) is 5.43 Å². The molecular weight excluding hydrogens is 190 g/mol. The molecule has 5 nitrogen and oxygen atoms in total. The fourth-order valence-electron chi connectivity index (χ4n) is 1.18. The van der Waals surface area contributed by atoms with Gasteiger partial charge in [0, 0.05) is 0 Å². The average Bonchev–Trinajstić information content (AvgIpc) is 2.62.